The lowest BCUT2D eigenvalue weighted by Crippen LogP contribution is -2.30. The number of carbonyl (C=O) groups is 2. The zero-order valence-electron chi connectivity index (χ0n) is 16.6. The SMILES string of the molecule is Cc1cccc(/C=C/C(=O)O[C@H](C)C(=O)Nc2c(C)cccc2C(C)C)c1. The normalized spacial score (nSPS) is 12.2. The van der Waals surface area contributed by atoms with Crippen molar-refractivity contribution in [3.63, 3.8) is 0 Å². The van der Waals surface area contributed by atoms with Gasteiger partial charge in [-0.3, -0.25) is 4.79 Å². The van der Waals surface area contributed by atoms with Gasteiger partial charge in [0.15, 0.2) is 6.10 Å². The van der Waals surface area contributed by atoms with Crippen LogP contribution < -0.4 is 5.32 Å². The van der Waals surface area contributed by atoms with E-state index in [2.05, 4.69) is 19.2 Å². The maximum absolute atomic E-state index is 12.5. The van der Waals surface area contributed by atoms with Gasteiger partial charge in [0.1, 0.15) is 0 Å². The number of ether oxygens (including phenoxy) is 1. The third kappa shape index (κ3) is 5.81. The van der Waals surface area contributed by atoms with Crippen molar-refractivity contribution < 1.29 is 14.3 Å². The van der Waals surface area contributed by atoms with Crippen LogP contribution in [0.3, 0.4) is 0 Å². The summed E-state index contributed by atoms with van der Waals surface area (Å²) in [5.41, 5.74) is 4.84. The molecule has 0 aliphatic heterocycles. The summed E-state index contributed by atoms with van der Waals surface area (Å²) in [7, 11) is 0. The number of hydrogen-bond acceptors (Lipinski definition) is 3. The molecule has 4 heteroatoms. The summed E-state index contributed by atoms with van der Waals surface area (Å²) in [6, 6.07) is 13.7. The zero-order valence-corrected chi connectivity index (χ0v) is 16.6. The van der Waals surface area contributed by atoms with E-state index in [-0.39, 0.29) is 11.8 Å². The molecule has 2 rings (SSSR count). The summed E-state index contributed by atoms with van der Waals surface area (Å²) in [4.78, 5) is 24.5. The molecule has 0 unspecified atom stereocenters. The Kier molecular flexibility index (Phi) is 6.94. The van der Waals surface area contributed by atoms with E-state index in [1.165, 1.54) is 6.08 Å². The molecular formula is C23H27NO3. The van der Waals surface area contributed by atoms with Crippen LogP contribution in [-0.4, -0.2) is 18.0 Å². The lowest BCUT2D eigenvalue weighted by molar-refractivity contribution is -0.148. The van der Waals surface area contributed by atoms with Gasteiger partial charge in [0.25, 0.3) is 5.91 Å². The fraction of sp³-hybridized carbons (Fsp3) is 0.304. The summed E-state index contributed by atoms with van der Waals surface area (Å²) in [6.07, 6.45) is 2.13. The topological polar surface area (TPSA) is 55.4 Å². The molecule has 2 aromatic carbocycles. The van der Waals surface area contributed by atoms with Gasteiger partial charge in [-0.25, -0.2) is 4.79 Å². The third-order valence-electron chi connectivity index (χ3n) is 4.29. The number of nitrogens with one attached hydrogen (secondary N) is 1. The Labute approximate surface area is 161 Å². The minimum absolute atomic E-state index is 0.273. The molecule has 0 fully saturated rings. The quantitative estimate of drug-likeness (QED) is 0.578. The molecule has 0 radical (unpaired) electrons. The molecule has 0 aliphatic rings. The molecule has 1 N–H and O–H groups in total. The average Bonchev–Trinajstić information content (AvgIpc) is 2.61. The maximum Gasteiger partial charge on any atom is 0.331 e. The number of hydrogen-bond donors (Lipinski definition) is 1. The molecule has 27 heavy (non-hydrogen) atoms. The summed E-state index contributed by atoms with van der Waals surface area (Å²) in [5.74, 6) is -0.619. The number of benzene rings is 2. The first-order valence-electron chi connectivity index (χ1n) is 9.13. The van der Waals surface area contributed by atoms with Gasteiger partial charge in [-0.05, 0) is 49.5 Å². The highest BCUT2D eigenvalue weighted by molar-refractivity contribution is 5.97. The minimum Gasteiger partial charge on any atom is -0.449 e. The minimum atomic E-state index is -0.890. The Bertz CT molecular complexity index is 852. The van der Waals surface area contributed by atoms with E-state index in [1.807, 2.05) is 56.3 Å². The monoisotopic (exact) mass is 365 g/mol. The first-order chi connectivity index (χ1) is 12.8. The standard InChI is InChI=1S/C23H27NO3/c1-15(2)20-11-7-9-17(4)22(20)24-23(26)18(5)27-21(25)13-12-19-10-6-8-16(3)14-19/h6-15,18H,1-5H3,(H,24,26)/b13-12+/t18-/m1/s1. The number of carbonyl (C=O) groups excluding carboxylic acids is 2. The first kappa shape index (κ1) is 20.4. The Morgan fingerprint density at radius 2 is 1.74 bits per heavy atom. The van der Waals surface area contributed by atoms with E-state index in [0.717, 1.165) is 27.9 Å². The van der Waals surface area contributed by atoms with Gasteiger partial charge in [0.2, 0.25) is 0 Å². The fourth-order valence-electron chi connectivity index (χ4n) is 2.77. The zero-order chi connectivity index (χ0) is 20.0. The van der Waals surface area contributed by atoms with Crippen LogP contribution in [0.4, 0.5) is 5.69 Å². The molecule has 1 amide bonds. The molecule has 1 atom stereocenters. The number of esters is 1. The molecule has 0 heterocycles. The predicted octanol–water partition coefficient (Wildman–Crippen LogP) is 5.01. The van der Waals surface area contributed by atoms with Gasteiger partial charge in [-0.2, -0.15) is 0 Å². The van der Waals surface area contributed by atoms with E-state index < -0.39 is 12.1 Å². The smallest absolute Gasteiger partial charge is 0.331 e. The van der Waals surface area contributed by atoms with Crippen LogP contribution in [0.2, 0.25) is 0 Å². The molecule has 0 aromatic heterocycles. The molecular weight excluding hydrogens is 338 g/mol. The van der Waals surface area contributed by atoms with Crippen LogP contribution >= 0.6 is 0 Å². The molecule has 2 aromatic rings. The van der Waals surface area contributed by atoms with E-state index >= 15 is 0 Å². The second-order valence-electron chi connectivity index (χ2n) is 7.01. The van der Waals surface area contributed by atoms with Crippen molar-refractivity contribution in [2.24, 2.45) is 0 Å². The van der Waals surface area contributed by atoms with Gasteiger partial charge < -0.3 is 10.1 Å². The van der Waals surface area contributed by atoms with Crippen molar-refractivity contribution in [3.8, 4) is 0 Å². The predicted molar refractivity (Wildman–Crippen MR) is 110 cm³/mol. The van der Waals surface area contributed by atoms with Crippen molar-refractivity contribution >= 4 is 23.6 Å². The lowest BCUT2D eigenvalue weighted by Gasteiger charge is -2.18. The van der Waals surface area contributed by atoms with E-state index in [0.29, 0.717) is 0 Å². The van der Waals surface area contributed by atoms with Crippen molar-refractivity contribution in [2.75, 3.05) is 5.32 Å². The van der Waals surface area contributed by atoms with Gasteiger partial charge >= 0.3 is 5.97 Å². The van der Waals surface area contributed by atoms with Gasteiger partial charge in [-0.15, -0.1) is 0 Å². The Balaban J connectivity index is 2.01. The number of rotatable bonds is 6. The van der Waals surface area contributed by atoms with Gasteiger partial charge in [-0.1, -0.05) is 61.9 Å². The largest absolute Gasteiger partial charge is 0.449 e. The second-order valence-corrected chi connectivity index (χ2v) is 7.01. The van der Waals surface area contributed by atoms with Crippen molar-refractivity contribution in [3.05, 3.63) is 70.8 Å². The van der Waals surface area contributed by atoms with E-state index in [1.54, 1.807) is 13.0 Å². The molecule has 0 spiro atoms. The summed E-state index contributed by atoms with van der Waals surface area (Å²) >= 11 is 0. The van der Waals surface area contributed by atoms with Crippen LogP contribution in [0, 0.1) is 13.8 Å². The van der Waals surface area contributed by atoms with Gasteiger partial charge in [0, 0.05) is 11.8 Å². The van der Waals surface area contributed by atoms with Crippen molar-refractivity contribution in [1.82, 2.24) is 0 Å². The Morgan fingerprint density at radius 3 is 2.41 bits per heavy atom. The fourth-order valence-corrected chi connectivity index (χ4v) is 2.77. The number of anilines is 1. The van der Waals surface area contributed by atoms with E-state index in [9.17, 15) is 9.59 Å². The molecule has 0 bridgehead atoms. The lowest BCUT2D eigenvalue weighted by atomic mass is 9.98. The van der Waals surface area contributed by atoms with Crippen LogP contribution in [0.15, 0.2) is 48.5 Å². The maximum atomic E-state index is 12.5. The summed E-state index contributed by atoms with van der Waals surface area (Å²) in [6.45, 7) is 9.65. The molecule has 142 valence electrons. The molecule has 0 saturated heterocycles. The average molecular weight is 365 g/mol. The molecule has 0 saturated carbocycles. The number of amides is 1. The van der Waals surface area contributed by atoms with Crippen molar-refractivity contribution in [1.29, 1.82) is 0 Å². The van der Waals surface area contributed by atoms with Crippen molar-refractivity contribution in [2.45, 2.75) is 46.6 Å². The number of para-hydroxylation sites is 1. The highest BCUT2D eigenvalue weighted by Crippen LogP contribution is 2.27. The summed E-state index contributed by atoms with van der Waals surface area (Å²) in [5, 5.41) is 2.91. The second kappa shape index (κ2) is 9.17. The van der Waals surface area contributed by atoms with Crippen LogP contribution in [0.5, 0.6) is 0 Å². The highest BCUT2D eigenvalue weighted by atomic mass is 16.5. The van der Waals surface area contributed by atoms with E-state index in [4.69, 9.17) is 4.74 Å². The number of aryl methyl sites for hydroxylation is 2. The van der Waals surface area contributed by atoms with Crippen LogP contribution in [0.1, 0.15) is 48.9 Å². The first-order valence-corrected chi connectivity index (χ1v) is 9.13. The van der Waals surface area contributed by atoms with Crippen LogP contribution in [-0.2, 0) is 14.3 Å². The molecule has 0 aliphatic carbocycles. The Hall–Kier alpha value is -2.88. The Morgan fingerprint density at radius 1 is 1.04 bits per heavy atom. The summed E-state index contributed by atoms with van der Waals surface area (Å²) < 4.78 is 5.24. The van der Waals surface area contributed by atoms with Crippen LogP contribution in [0.25, 0.3) is 6.08 Å². The molecule has 4 nitrogen and oxygen atoms in total. The van der Waals surface area contributed by atoms with Gasteiger partial charge in [0.05, 0.1) is 0 Å². The highest BCUT2D eigenvalue weighted by Gasteiger charge is 2.19. The third-order valence-corrected chi connectivity index (χ3v) is 4.29.